The van der Waals surface area contributed by atoms with Crippen LogP contribution in [-0.4, -0.2) is 12.3 Å². The Bertz CT molecular complexity index is 655. The monoisotopic (exact) mass is 393 g/mol. The fraction of sp³-hybridized carbons (Fsp3) is 0.154. The topological polar surface area (TPSA) is 59.6 Å². The second kappa shape index (κ2) is 7.01. The maximum Gasteiger partial charge on any atom is 0.573 e. The molecule has 0 aliphatic carbocycles. The number of halogens is 4. The van der Waals surface area contributed by atoms with Gasteiger partial charge in [0.2, 0.25) is 0 Å². The van der Waals surface area contributed by atoms with Crippen LogP contribution in [0.25, 0.3) is 0 Å². The summed E-state index contributed by atoms with van der Waals surface area (Å²) in [6.45, 7) is 0.421. The summed E-state index contributed by atoms with van der Waals surface area (Å²) in [4.78, 5) is 5.18. The summed E-state index contributed by atoms with van der Waals surface area (Å²) in [5, 5.41) is 2.79. The van der Waals surface area contributed by atoms with Crippen molar-refractivity contribution in [1.82, 2.24) is 0 Å². The molecule has 0 aliphatic heterocycles. The molecule has 0 amide bonds. The van der Waals surface area contributed by atoms with E-state index in [1.807, 2.05) is 12.1 Å². The maximum atomic E-state index is 12.0. The summed E-state index contributed by atoms with van der Waals surface area (Å²) in [6.07, 6.45) is -4.70. The van der Waals surface area contributed by atoms with E-state index in [9.17, 15) is 13.2 Å². The van der Waals surface area contributed by atoms with Crippen molar-refractivity contribution < 1.29 is 17.9 Å². The van der Waals surface area contributed by atoms with Crippen LogP contribution in [0.4, 0.5) is 18.9 Å². The highest BCUT2D eigenvalue weighted by Gasteiger charge is 2.30. The van der Waals surface area contributed by atoms with E-state index in [1.54, 1.807) is 11.3 Å². The summed E-state index contributed by atoms with van der Waals surface area (Å²) in [5.74, 6) is -0.119. The van der Waals surface area contributed by atoms with Gasteiger partial charge in [-0.25, -0.2) is 4.99 Å². The Kier molecular flexibility index (Phi) is 5.30. The molecule has 0 saturated carbocycles. The molecule has 3 N–H and O–H groups in total. The fourth-order valence-electron chi connectivity index (χ4n) is 1.53. The summed E-state index contributed by atoms with van der Waals surface area (Å²) in [6, 6.07) is 9.07. The number of aliphatic imine (C=N–C) groups is 1. The second-order valence-corrected chi connectivity index (χ2v) is 6.65. The number of nitrogens with two attached hydrogens (primary N) is 1. The van der Waals surface area contributed by atoms with Gasteiger partial charge in [-0.15, -0.1) is 24.5 Å². The third-order valence-corrected chi connectivity index (χ3v) is 4.00. The van der Waals surface area contributed by atoms with E-state index in [4.69, 9.17) is 5.73 Å². The lowest BCUT2D eigenvalue weighted by Gasteiger charge is -2.10. The summed E-state index contributed by atoms with van der Waals surface area (Å²) in [7, 11) is 0. The van der Waals surface area contributed by atoms with E-state index in [0.29, 0.717) is 12.2 Å². The Morgan fingerprint density at radius 1 is 1.23 bits per heavy atom. The number of hydrogen-bond donors (Lipinski definition) is 2. The zero-order valence-electron chi connectivity index (χ0n) is 11.0. The number of hydrogen-bond acceptors (Lipinski definition) is 3. The first kappa shape index (κ1) is 16.6. The molecule has 0 spiro atoms. The van der Waals surface area contributed by atoms with Crippen LogP contribution in [0.1, 0.15) is 4.88 Å². The average molecular weight is 394 g/mol. The second-order valence-electron chi connectivity index (χ2n) is 4.10. The van der Waals surface area contributed by atoms with Gasteiger partial charge in [0.1, 0.15) is 5.75 Å². The lowest BCUT2D eigenvalue weighted by Crippen LogP contribution is -2.22. The van der Waals surface area contributed by atoms with Gasteiger partial charge in [0.15, 0.2) is 5.96 Å². The van der Waals surface area contributed by atoms with E-state index in [0.717, 1.165) is 8.66 Å². The molecule has 1 aromatic carbocycles. The normalized spacial score (nSPS) is 12.3. The van der Waals surface area contributed by atoms with Gasteiger partial charge in [0, 0.05) is 10.6 Å². The minimum atomic E-state index is -4.70. The van der Waals surface area contributed by atoms with E-state index in [2.05, 4.69) is 31.0 Å². The molecule has 0 unspecified atom stereocenters. The van der Waals surface area contributed by atoms with Crippen molar-refractivity contribution in [1.29, 1.82) is 0 Å². The van der Waals surface area contributed by atoms with Crippen LogP contribution in [0.2, 0.25) is 0 Å². The van der Waals surface area contributed by atoms with Crippen LogP contribution in [-0.2, 0) is 6.54 Å². The van der Waals surface area contributed by atoms with E-state index in [-0.39, 0.29) is 11.7 Å². The number of rotatable bonds is 4. The Hall–Kier alpha value is -1.74. The zero-order valence-corrected chi connectivity index (χ0v) is 13.4. The molecule has 22 heavy (non-hydrogen) atoms. The minimum Gasteiger partial charge on any atom is -0.406 e. The van der Waals surface area contributed by atoms with Crippen molar-refractivity contribution in [3.05, 3.63) is 45.1 Å². The standard InChI is InChI=1S/C13H11BrF3N3OS/c14-11-6-5-10(22-11)7-19-12(18)20-8-1-3-9(4-2-8)21-13(15,16)17/h1-6H,7H2,(H3,18,19,20). The van der Waals surface area contributed by atoms with Crippen molar-refractivity contribution in [2.45, 2.75) is 12.9 Å². The van der Waals surface area contributed by atoms with Gasteiger partial charge in [-0.3, -0.25) is 0 Å². The first-order valence-electron chi connectivity index (χ1n) is 5.99. The van der Waals surface area contributed by atoms with Crippen molar-refractivity contribution >= 4 is 38.9 Å². The van der Waals surface area contributed by atoms with E-state index >= 15 is 0 Å². The smallest absolute Gasteiger partial charge is 0.406 e. The first-order valence-corrected chi connectivity index (χ1v) is 7.60. The molecule has 0 atom stereocenters. The van der Waals surface area contributed by atoms with E-state index in [1.165, 1.54) is 24.3 Å². The third kappa shape index (κ3) is 5.57. The number of ether oxygens (including phenoxy) is 1. The van der Waals surface area contributed by atoms with Crippen molar-refractivity contribution in [3.8, 4) is 5.75 Å². The molecule has 2 aromatic rings. The van der Waals surface area contributed by atoms with Crippen molar-refractivity contribution in [3.63, 3.8) is 0 Å². The van der Waals surface area contributed by atoms with Crippen LogP contribution < -0.4 is 15.8 Å². The zero-order chi connectivity index (χ0) is 16.2. The predicted molar refractivity (Wildman–Crippen MR) is 84.1 cm³/mol. The summed E-state index contributed by atoms with van der Waals surface area (Å²) in [5.41, 5.74) is 6.24. The largest absolute Gasteiger partial charge is 0.573 e. The van der Waals surface area contributed by atoms with Crippen LogP contribution in [0.15, 0.2) is 45.2 Å². The SMILES string of the molecule is NC(=NCc1ccc(Br)s1)Nc1ccc(OC(F)(F)F)cc1. The molecule has 0 saturated heterocycles. The number of nitrogens with one attached hydrogen (secondary N) is 1. The Morgan fingerprint density at radius 2 is 1.91 bits per heavy atom. The molecular weight excluding hydrogens is 383 g/mol. The van der Waals surface area contributed by atoms with Crippen molar-refractivity contribution in [2.75, 3.05) is 5.32 Å². The number of guanidine groups is 1. The molecular formula is C13H11BrF3N3OS. The Morgan fingerprint density at radius 3 is 2.45 bits per heavy atom. The van der Waals surface area contributed by atoms with Gasteiger partial charge in [-0.1, -0.05) is 0 Å². The van der Waals surface area contributed by atoms with Crippen LogP contribution >= 0.6 is 27.3 Å². The van der Waals surface area contributed by atoms with E-state index < -0.39 is 6.36 Å². The Labute approximate surface area is 136 Å². The quantitative estimate of drug-likeness (QED) is 0.599. The number of anilines is 1. The number of alkyl halides is 3. The first-order chi connectivity index (χ1) is 10.3. The molecule has 2 rings (SSSR count). The van der Waals surface area contributed by atoms with Crippen LogP contribution in [0, 0.1) is 0 Å². The molecule has 0 bridgehead atoms. The molecule has 118 valence electrons. The van der Waals surface area contributed by atoms with Gasteiger partial charge >= 0.3 is 6.36 Å². The van der Waals surface area contributed by atoms with Crippen LogP contribution in [0.5, 0.6) is 5.75 Å². The van der Waals surface area contributed by atoms with Gasteiger partial charge in [-0.05, 0) is 52.3 Å². The molecule has 0 radical (unpaired) electrons. The fourth-order valence-corrected chi connectivity index (χ4v) is 2.93. The summed E-state index contributed by atoms with van der Waals surface area (Å²) >= 11 is 4.90. The third-order valence-electron chi connectivity index (χ3n) is 2.39. The van der Waals surface area contributed by atoms with Gasteiger partial charge < -0.3 is 15.8 Å². The number of nitrogens with zero attached hydrogens (tertiary/aromatic N) is 1. The minimum absolute atomic E-state index is 0.175. The highest BCUT2D eigenvalue weighted by atomic mass is 79.9. The number of thiophene rings is 1. The lowest BCUT2D eigenvalue weighted by molar-refractivity contribution is -0.274. The van der Waals surface area contributed by atoms with Gasteiger partial charge in [0.25, 0.3) is 0 Å². The highest BCUT2D eigenvalue weighted by molar-refractivity contribution is 9.11. The molecule has 9 heteroatoms. The molecule has 0 fully saturated rings. The lowest BCUT2D eigenvalue weighted by atomic mass is 10.3. The molecule has 1 aromatic heterocycles. The van der Waals surface area contributed by atoms with Crippen molar-refractivity contribution in [2.24, 2.45) is 10.7 Å². The maximum absolute atomic E-state index is 12.0. The molecule has 1 heterocycles. The van der Waals surface area contributed by atoms with Gasteiger partial charge in [-0.2, -0.15) is 0 Å². The predicted octanol–water partition coefficient (Wildman–Crippen LogP) is 4.34. The molecule has 4 nitrogen and oxygen atoms in total. The highest BCUT2D eigenvalue weighted by Crippen LogP contribution is 2.24. The number of benzene rings is 1. The van der Waals surface area contributed by atoms with Gasteiger partial charge in [0.05, 0.1) is 10.3 Å². The average Bonchev–Trinajstić information content (AvgIpc) is 2.83. The molecule has 0 aliphatic rings. The Balaban J connectivity index is 1.92. The van der Waals surface area contributed by atoms with Crippen LogP contribution in [0.3, 0.4) is 0 Å². The summed E-state index contributed by atoms with van der Waals surface area (Å²) < 4.78 is 40.9.